The van der Waals surface area contributed by atoms with Crippen molar-refractivity contribution in [2.45, 2.75) is 59.2 Å². The number of hydrogen-bond donors (Lipinski definition) is 1. The molecule has 0 aromatic heterocycles. The maximum absolute atomic E-state index is 14.1. The van der Waals surface area contributed by atoms with Gasteiger partial charge in [-0.2, -0.15) is 0 Å². The van der Waals surface area contributed by atoms with E-state index >= 15 is 0 Å². The molecule has 0 unspecified atom stereocenters. The fraction of sp³-hybridized carbons (Fsp3) is 0.375. The number of rotatable bonds is 14. The summed E-state index contributed by atoms with van der Waals surface area (Å²) in [5.41, 5.74) is 3.10. The van der Waals surface area contributed by atoms with Crippen LogP contribution in [0.4, 0.5) is 5.69 Å². The normalized spacial score (nSPS) is 12.7. The van der Waals surface area contributed by atoms with E-state index in [-0.39, 0.29) is 24.9 Å². The number of nitrogens with one attached hydrogen (secondary N) is 1. The average Bonchev–Trinajstić information content (AvgIpc) is 2.94. The predicted molar refractivity (Wildman–Crippen MR) is 163 cm³/mol. The monoisotopic (exact) mass is 579 g/mol. The van der Waals surface area contributed by atoms with Gasteiger partial charge in [0.25, 0.3) is 0 Å². The Bertz CT molecular complexity index is 1390. The third-order valence-corrected chi connectivity index (χ3v) is 7.96. The average molecular weight is 580 g/mol. The first-order valence-electron chi connectivity index (χ1n) is 13.9. The van der Waals surface area contributed by atoms with Crippen LogP contribution in [0.15, 0.2) is 78.9 Å². The van der Waals surface area contributed by atoms with Crippen molar-refractivity contribution in [1.82, 2.24) is 10.2 Å². The molecule has 1 N–H and O–H groups in total. The summed E-state index contributed by atoms with van der Waals surface area (Å²) in [6.45, 7) is 7.89. The summed E-state index contributed by atoms with van der Waals surface area (Å²) in [7, 11) is -3.83. The van der Waals surface area contributed by atoms with Crippen LogP contribution in [0.3, 0.4) is 0 Å². The molecule has 0 heterocycles. The Hall–Kier alpha value is -3.85. The van der Waals surface area contributed by atoms with E-state index in [0.29, 0.717) is 18.0 Å². The van der Waals surface area contributed by atoms with Crippen molar-refractivity contribution < 1.29 is 22.7 Å². The lowest BCUT2D eigenvalue weighted by Crippen LogP contribution is -2.54. The van der Waals surface area contributed by atoms with Crippen molar-refractivity contribution in [1.29, 1.82) is 0 Å². The van der Waals surface area contributed by atoms with Gasteiger partial charge in [-0.3, -0.25) is 13.9 Å². The number of amides is 2. The Morgan fingerprint density at radius 2 is 1.59 bits per heavy atom. The molecule has 0 spiro atoms. The van der Waals surface area contributed by atoms with Crippen LogP contribution in [0.5, 0.6) is 5.75 Å². The zero-order valence-electron chi connectivity index (χ0n) is 24.5. The molecule has 2 amide bonds. The number of aryl methyl sites for hydroxylation is 1. The second-order valence-electron chi connectivity index (χ2n) is 10.2. The molecule has 3 aromatic carbocycles. The van der Waals surface area contributed by atoms with Gasteiger partial charge in [-0.1, -0.05) is 67.1 Å². The maximum Gasteiger partial charge on any atom is 0.244 e. The van der Waals surface area contributed by atoms with Crippen molar-refractivity contribution in [3.8, 4) is 5.75 Å². The lowest BCUT2D eigenvalue weighted by atomic mass is 10.0. The van der Waals surface area contributed by atoms with Gasteiger partial charge in [0, 0.05) is 19.0 Å². The van der Waals surface area contributed by atoms with Crippen molar-refractivity contribution in [2.75, 3.05) is 23.7 Å². The molecule has 0 saturated carbocycles. The van der Waals surface area contributed by atoms with Crippen LogP contribution >= 0.6 is 0 Å². The zero-order chi connectivity index (χ0) is 30.0. The van der Waals surface area contributed by atoms with E-state index < -0.39 is 28.5 Å². The van der Waals surface area contributed by atoms with E-state index in [4.69, 9.17) is 4.74 Å². The summed E-state index contributed by atoms with van der Waals surface area (Å²) in [6.07, 6.45) is 2.08. The van der Waals surface area contributed by atoms with Gasteiger partial charge in [-0.25, -0.2) is 8.42 Å². The molecule has 220 valence electrons. The molecule has 3 aromatic rings. The number of hydrogen-bond acceptors (Lipinski definition) is 5. The minimum atomic E-state index is -3.83. The summed E-state index contributed by atoms with van der Waals surface area (Å²) in [5.74, 6) is -0.163. The first kappa shape index (κ1) is 31.7. The Morgan fingerprint density at radius 3 is 2.17 bits per heavy atom. The lowest BCUT2D eigenvalue weighted by molar-refractivity contribution is -0.140. The van der Waals surface area contributed by atoms with E-state index in [1.807, 2.05) is 82.3 Å². The minimum Gasteiger partial charge on any atom is -0.494 e. The highest BCUT2D eigenvalue weighted by atomic mass is 32.2. The molecule has 0 radical (unpaired) electrons. The van der Waals surface area contributed by atoms with Crippen molar-refractivity contribution in [3.05, 3.63) is 95.6 Å². The van der Waals surface area contributed by atoms with Crippen LogP contribution in [0, 0.1) is 6.92 Å². The molecule has 0 aliphatic rings. The van der Waals surface area contributed by atoms with E-state index in [9.17, 15) is 18.0 Å². The molecule has 0 saturated heterocycles. The molecule has 0 bridgehead atoms. The predicted octanol–water partition coefficient (Wildman–Crippen LogP) is 4.71. The topological polar surface area (TPSA) is 96.0 Å². The van der Waals surface area contributed by atoms with Crippen molar-refractivity contribution >= 4 is 27.5 Å². The van der Waals surface area contributed by atoms with Gasteiger partial charge in [0.1, 0.15) is 18.3 Å². The SMILES string of the molecule is CCOc1ccc(N(CC(=O)N(Cc2cccc(C)c2)[C@@H](Cc2ccccc2)C(=O)N[C@H](C)CC)S(C)(=O)=O)cc1. The number of ether oxygens (including phenoxy) is 1. The smallest absolute Gasteiger partial charge is 0.244 e. The summed E-state index contributed by atoms with van der Waals surface area (Å²) in [5, 5.41) is 3.04. The van der Waals surface area contributed by atoms with Gasteiger partial charge in [0.2, 0.25) is 21.8 Å². The number of carbonyl (C=O) groups excluding carboxylic acids is 2. The van der Waals surface area contributed by atoms with Crippen molar-refractivity contribution in [3.63, 3.8) is 0 Å². The van der Waals surface area contributed by atoms with E-state index in [2.05, 4.69) is 5.32 Å². The maximum atomic E-state index is 14.1. The van der Waals surface area contributed by atoms with Gasteiger partial charge in [-0.05, 0) is 62.6 Å². The van der Waals surface area contributed by atoms with E-state index in [0.717, 1.165) is 33.7 Å². The summed E-state index contributed by atoms with van der Waals surface area (Å²) in [4.78, 5) is 29.4. The third-order valence-electron chi connectivity index (χ3n) is 6.82. The number of nitrogens with zero attached hydrogens (tertiary/aromatic N) is 2. The quantitative estimate of drug-likeness (QED) is 0.298. The first-order chi connectivity index (χ1) is 19.5. The van der Waals surface area contributed by atoms with Gasteiger partial charge < -0.3 is 15.0 Å². The summed E-state index contributed by atoms with van der Waals surface area (Å²) < 4.78 is 32.4. The standard InChI is InChI=1S/C32H41N3O5S/c1-6-25(4)33-32(37)30(21-26-13-9-8-10-14-26)34(22-27-15-11-12-24(3)20-27)31(36)23-35(41(5,38)39)28-16-18-29(19-17-28)40-7-2/h8-20,25,30H,6-7,21-23H2,1-5H3,(H,33,37)/t25-,30+/m1/s1. The fourth-order valence-corrected chi connectivity index (χ4v) is 5.34. The minimum absolute atomic E-state index is 0.0898. The van der Waals surface area contributed by atoms with E-state index in [1.165, 1.54) is 4.90 Å². The Kier molecular flexibility index (Phi) is 11.3. The first-order valence-corrected chi connectivity index (χ1v) is 15.8. The molecule has 0 aliphatic heterocycles. The van der Waals surface area contributed by atoms with Crippen LogP contribution in [0.2, 0.25) is 0 Å². The van der Waals surface area contributed by atoms with Gasteiger partial charge in [-0.15, -0.1) is 0 Å². The molecule has 8 nitrogen and oxygen atoms in total. The van der Waals surface area contributed by atoms with Crippen LogP contribution in [0.25, 0.3) is 0 Å². The Labute approximate surface area is 244 Å². The molecule has 3 rings (SSSR count). The van der Waals surface area contributed by atoms with Crippen LogP contribution < -0.4 is 14.4 Å². The third kappa shape index (κ3) is 9.35. The molecule has 2 atom stereocenters. The number of carbonyl (C=O) groups is 2. The second-order valence-corrected chi connectivity index (χ2v) is 12.1. The molecule has 0 fully saturated rings. The number of sulfonamides is 1. The largest absolute Gasteiger partial charge is 0.494 e. The highest BCUT2D eigenvalue weighted by Gasteiger charge is 2.33. The fourth-order valence-electron chi connectivity index (χ4n) is 4.49. The van der Waals surface area contributed by atoms with E-state index in [1.54, 1.807) is 24.3 Å². The Morgan fingerprint density at radius 1 is 0.927 bits per heavy atom. The summed E-state index contributed by atoms with van der Waals surface area (Å²) in [6, 6.07) is 22.9. The highest BCUT2D eigenvalue weighted by Crippen LogP contribution is 2.23. The summed E-state index contributed by atoms with van der Waals surface area (Å²) >= 11 is 0. The van der Waals surface area contributed by atoms with Crippen LogP contribution in [-0.2, 0) is 32.6 Å². The second kappa shape index (κ2) is 14.7. The molecule has 9 heteroatoms. The van der Waals surface area contributed by atoms with Crippen LogP contribution in [-0.4, -0.2) is 56.6 Å². The van der Waals surface area contributed by atoms with Gasteiger partial charge in [0.05, 0.1) is 18.6 Å². The van der Waals surface area contributed by atoms with Gasteiger partial charge >= 0.3 is 0 Å². The molecule has 0 aliphatic carbocycles. The van der Waals surface area contributed by atoms with Gasteiger partial charge in [0.15, 0.2) is 0 Å². The number of benzene rings is 3. The molecule has 41 heavy (non-hydrogen) atoms. The highest BCUT2D eigenvalue weighted by molar-refractivity contribution is 7.92. The molecular formula is C32H41N3O5S. The Balaban J connectivity index is 2.04. The number of anilines is 1. The zero-order valence-corrected chi connectivity index (χ0v) is 25.4. The molecular weight excluding hydrogens is 538 g/mol. The lowest BCUT2D eigenvalue weighted by Gasteiger charge is -2.34. The van der Waals surface area contributed by atoms with Crippen molar-refractivity contribution in [2.24, 2.45) is 0 Å². The van der Waals surface area contributed by atoms with Crippen LogP contribution in [0.1, 0.15) is 43.9 Å².